The molecule has 0 aliphatic carbocycles. The number of allylic oxidation sites excluding steroid dienone is 1. The second-order valence-electron chi connectivity index (χ2n) is 3.98. The molecule has 1 N–H and O–H groups in total. The predicted octanol–water partition coefficient (Wildman–Crippen LogP) is 3.27. The molecule has 0 saturated heterocycles. The predicted molar refractivity (Wildman–Crippen MR) is 75.8 cm³/mol. The van der Waals surface area contributed by atoms with Crippen molar-refractivity contribution in [1.82, 2.24) is 0 Å². The van der Waals surface area contributed by atoms with Crippen LogP contribution in [0.1, 0.15) is 21.5 Å². The fourth-order valence-electron chi connectivity index (χ4n) is 1.63. The fourth-order valence-corrected chi connectivity index (χ4v) is 1.63. The van der Waals surface area contributed by atoms with Crippen molar-refractivity contribution in [3.8, 4) is 18.1 Å². The molecule has 0 radical (unpaired) electrons. The summed E-state index contributed by atoms with van der Waals surface area (Å²) in [6.07, 6.45) is 8.38. The van der Waals surface area contributed by atoms with Gasteiger partial charge in [-0.05, 0) is 35.9 Å². The Hall–Kier alpha value is -2.79. The number of rotatable bonds is 3. The first kappa shape index (κ1) is 12.7. The van der Waals surface area contributed by atoms with Crippen molar-refractivity contribution in [3.05, 3.63) is 71.3 Å². The van der Waals surface area contributed by atoms with Crippen molar-refractivity contribution in [2.24, 2.45) is 0 Å². The van der Waals surface area contributed by atoms with Gasteiger partial charge in [0.15, 0.2) is 5.78 Å². The maximum absolute atomic E-state index is 11.9. The van der Waals surface area contributed by atoms with Gasteiger partial charge in [-0.2, -0.15) is 0 Å². The van der Waals surface area contributed by atoms with E-state index in [9.17, 15) is 9.90 Å². The highest BCUT2D eigenvalue weighted by molar-refractivity contribution is 6.08. The molecule has 2 aromatic rings. The van der Waals surface area contributed by atoms with Crippen LogP contribution in [0.25, 0.3) is 6.08 Å². The molecule has 0 fully saturated rings. The number of terminal acetylenes is 1. The zero-order valence-electron chi connectivity index (χ0n) is 10.2. The first-order valence-electron chi connectivity index (χ1n) is 5.78. The molecule has 0 aliphatic heterocycles. The third kappa shape index (κ3) is 3.11. The zero-order valence-corrected chi connectivity index (χ0v) is 10.2. The minimum absolute atomic E-state index is 0.0140. The lowest BCUT2D eigenvalue weighted by Crippen LogP contribution is -1.94. The van der Waals surface area contributed by atoms with Crippen LogP contribution in [0.2, 0.25) is 0 Å². The van der Waals surface area contributed by atoms with Crippen molar-refractivity contribution in [2.75, 3.05) is 0 Å². The van der Waals surface area contributed by atoms with Crippen LogP contribution >= 0.6 is 0 Å². The summed E-state index contributed by atoms with van der Waals surface area (Å²) in [7, 11) is 0. The molecular weight excluding hydrogens is 236 g/mol. The number of carbonyl (C=O) groups is 1. The third-order valence-corrected chi connectivity index (χ3v) is 2.67. The van der Waals surface area contributed by atoms with Crippen LogP contribution in [-0.4, -0.2) is 10.9 Å². The number of benzene rings is 2. The topological polar surface area (TPSA) is 37.3 Å². The van der Waals surface area contributed by atoms with Gasteiger partial charge in [0, 0.05) is 5.56 Å². The number of hydrogen-bond acceptors (Lipinski definition) is 2. The average Bonchev–Trinajstić information content (AvgIpc) is 2.46. The quantitative estimate of drug-likeness (QED) is 0.514. The Labute approximate surface area is 112 Å². The van der Waals surface area contributed by atoms with E-state index in [0.717, 1.165) is 11.1 Å². The summed E-state index contributed by atoms with van der Waals surface area (Å²) < 4.78 is 0. The number of carbonyl (C=O) groups excluding carboxylic acids is 1. The monoisotopic (exact) mass is 248 g/mol. The van der Waals surface area contributed by atoms with E-state index in [2.05, 4.69) is 5.92 Å². The van der Waals surface area contributed by atoms with E-state index in [-0.39, 0.29) is 11.5 Å². The first-order valence-corrected chi connectivity index (χ1v) is 5.78. The van der Waals surface area contributed by atoms with Crippen molar-refractivity contribution >= 4 is 11.9 Å². The van der Waals surface area contributed by atoms with Gasteiger partial charge in [-0.1, -0.05) is 36.3 Å². The Morgan fingerprint density at radius 1 is 1.11 bits per heavy atom. The van der Waals surface area contributed by atoms with Gasteiger partial charge in [-0.3, -0.25) is 4.79 Å². The maximum atomic E-state index is 11.9. The third-order valence-electron chi connectivity index (χ3n) is 2.67. The maximum Gasteiger partial charge on any atom is 0.189 e. The van der Waals surface area contributed by atoms with Crippen LogP contribution in [0, 0.1) is 12.3 Å². The van der Waals surface area contributed by atoms with Gasteiger partial charge >= 0.3 is 0 Å². The molecule has 0 amide bonds. The zero-order chi connectivity index (χ0) is 13.7. The molecule has 2 heteroatoms. The van der Waals surface area contributed by atoms with Gasteiger partial charge in [-0.25, -0.2) is 0 Å². The van der Waals surface area contributed by atoms with Crippen molar-refractivity contribution in [3.63, 3.8) is 0 Å². The van der Waals surface area contributed by atoms with E-state index in [0.29, 0.717) is 5.56 Å². The summed E-state index contributed by atoms with van der Waals surface area (Å²) in [5.74, 6) is 2.28. The van der Waals surface area contributed by atoms with Gasteiger partial charge < -0.3 is 5.11 Å². The normalized spacial score (nSPS) is 10.3. The van der Waals surface area contributed by atoms with Gasteiger partial charge in [0.05, 0.1) is 5.56 Å². The van der Waals surface area contributed by atoms with Crippen molar-refractivity contribution < 1.29 is 9.90 Å². The molecule has 2 nitrogen and oxygen atoms in total. The Balaban J connectivity index is 2.16. The minimum atomic E-state index is -0.237. The van der Waals surface area contributed by atoms with E-state index in [4.69, 9.17) is 6.42 Å². The summed E-state index contributed by atoms with van der Waals surface area (Å²) in [5, 5.41) is 9.57. The Morgan fingerprint density at radius 3 is 2.42 bits per heavy atom. The molecule has 0 heterocycles. The molecule has 0 unspecified atom stereocenters. The lowest BCUT2D eigenvalue weighted by atomic mass is 10.1. The SMILES string of the molecule is C#Cc1ccc(/C=C/C(=O)c2ccccc2O)cc1. The molecule has 0 atom stereocenters. The number of phenols is 1. The van der Waals surface area contributed by atoms with Crippen LogP contribution in [-0.2, 0) is 0 Å². The Bertz CT molecular complexity index is 658. The number of ketones is 1. The minimum Gasteiger partial charge on any atom is -0.507 e. The van der Waals surface area contributed by atoms with E-state index in [1.807, 2.05) is 24.3 Å². The van der Waals surface area contributed by atoms with E-state index in [1.54, 1.807) is 24.3 Å². The molecule has 92 valence electrons. The van der Waals surface area contributed by atoms with Gasteiger partial charge in [-0.15, -0.1) is 6.42 Å². The molecular formula is C17H12O2. The summed E-state index contributed by atoms with van der Waals surface area (Å²) in [4.78, 5) is 11.9. The van der Waals surface area contributed by atoms with Crippen LogP contribution in [0.5, 0.6) is 5.75 Å². The summed E-state index contributed by atoms with van der Waals surface area (Å²) in [5.41, 5.74) is 1.96. The molecule has 0 aliphatic rings. The van der Waals surface area contributed by atoms with Crippen LogP contribution in [0.15, 0.2) is 54.6 Å². The molecule has 0 spiro atoms. The summed E-state index contributed by atoms with van der Waals surface area (Å²) in [6.45, 7) is 0. The van der Waals surface area contributed by atoms with Gasteiger partial charge in [0.2, 0.25) is 0 Å². The van der Waals surface area contributed by atoms with Crippen LogP contribution in [0.4, 0.5) is 0 Å². The first-order chi connectivity index (χ1) is 9.20. The molecule has 2 rings (SSSR count). The second-order valence-corrected chi connectivity index (χ2v) is 3.98. The highest BCUT2D eigenvalue weighted by Gasteiger charge is 2.06. The lowest BCUT2D eigenvalue weighted by Gasteiger charge is -1.99. The molecule has 2 aromatic carbocycles. The second kappa shape index (κ2) is 5.70. The standard InChI is InChI=1S/C17H12O2/c1-2-13-7-9-14(10-8-13)11-12-17(19)15-5-3-4-6-16(15)18/h1,3-12,18H/b12-11+. The highest BCUT2D eigenvalue weighted by Crippen LogP contribution is 2.17. The fraction of sp³-hybridized carbons (Fsp3) is 0. The largest absolute Gasteiger partial charge is 0.507 e. The number of hydrogen-bond donors (Lipinski definition) is 1. The smallest absolute Gasteiger partial charge is 0.189 e. The van der Waals surface area contributed by atoms with E-state index >= 15 is 0 Å². The molecule has 19 heavy (non-hydrogen) atoms. The Morgan fingerprint density at radius 2 is 1.79 bits per heavy atom. The van der Waals surface area contributed by atoms with Gasteiger partial charge in [0.25, 0.3) is 0 Å². The van der Waals surface area contributed by atoms with E-state index in [1.165, 1.54) is 12.1 Å². The highest BCUT2D eigenvalue weighted by atomic mass is 16.3. The Kier molecular flexibility index (Phi) is 3.80. The summed E-state index contributed by atoms with van der Waals surface area (Å²) >= 11 is 0. The summed E-state index contributed by atoms with van der Waals surface area (Å²) in [6, 6.07) is 13.8. The average molecular weight is 248 g/mol. The van der Waals surface area contributed by atoms with E-state index < -0.39 is 0 Å². The molecule has 0 aromatic heterocycles. The molecule has 0 bridgehead atoms. The number of aromatic hydroxyl groups is 1. The molecule has 0 saturated carbocycles. The van der Waals surface area contributed by atoms with Crippen LogP contribution in [0.3, 0.4) is 0 Å². The van der Waals surface area contributed by atoms with Gasteiger partial charge in [0.1, 0.15) is 5.75 Å². The lowest BCUT2D eigenvalue weighted by molar-refractivity contribution is 0.104. The van der Waals surface area contributed by atoms with Crippen molar-refractivity contribution in [2.45, 2.75) is 0 Å². The number of para-hydroxylation sites is 1. The van der Waals surface area contributed by atoms with Crippen molar-refractivity contribution in [1.29, 1.82) is 0 Å². The van der Waals surface area contributed by atoms with Crippen LogP contribution < -0.4 is 0 Å². The number of phenolic OH excluding ortho intramolecular Hbond substituents is 1.